The second-order valence-electron chi connectivity index (χ2n) is 10.5. The summed E-state index contributed by atoms with van der Waals surface area (Å²) in [5, 5.41) is 13.5. The Balaban J connectivity index is 1.67. The molecule has 3 aromatic rings. The first-order chi connectivity index (χ1) is 16.6. The number of hydrogen-bond donors (Lipinski definition) is 1. The third-order valence-corrected chi connectivity index (χ3v) is 11.2. The zero-order valence-electron chi connectivity index (χ0n) is 21.5. The Morgan fingerprint density at radius 2 is 1.71 bits per heavy atom. The lowest BCUT2D eigenvalue weighted by molar-refractivity contribution is 0.0690. The van der Waals surface area contributed by atoms with Crippen LogP contribution in [0.5, 0.6) is 0 Å². The van der Waals surface area contributed by atoms with Gasteiger partial charge in [-0.2, -0.15) is 4.98 Å². The van der Waals surface area contributed by atoms with Gasteiger partial charge in [0.05, 0.1) is 0 Å². The molecule has 0 aliphatic rings. The van der Waals surface area contributed by atoms with Crippen LogP contribution in [0.4, 0.5) is 0 Å². The van der Waals surface area contributed by atoms with Crippen LogP contribution in [0.2, 0.25) is 18.1 Å². The van der Waals surface area contributed by atoms with Crippen LogP contribution in [-0.2, 0) is 10.8 Å². The summed E-state index contributed by atoms with van der Waals surface area (Å²) in [6.45, 7) is 11.1. The van der Waals surface area contributed by atoms with Gasteiger partial charge >= 0.3 is 5.97 Å². The van der Waals surface area contributed by atoms with Crippen LogP contribution in [0.1, 0.15) is 80.9 Å². The molecule has 1 atom stereocenters. The molecule has 0 aliphatic carbocycles. The molecule has 188 valence electrons. The first-order valence-electron chi connectivity index (χ1n) is 12.3. The third kappa shape index (κ3) is 7.57. The Morgan fingerprint density at radius 1 is 1.00 bits per heavy atom. The predicted molar refractivity (Wildman–Crippen MR) is 139 cm³/mol. The van der Waals surface area contributed by atoms with Crippen molar-refractivity contribution >= 4 is 14.3 Å². The van der Waals surface area contributed by atoms with E-state index in [1.54, 1.807) is 12.1 Å². The first kappa shape index (κ1) is 26.8. The van der Waals surface area contributed by atoms with Crippen LogP contribution in [0, 0.1) is 0 Å². The Hall–Kier alpha value is -2.84. The van der Waals surface area contributed by atoms with Crippen molar-refractivity contribution in [3.8, 4) is 11.6 Å². The third-order valence-electron chi connectivity index (χ3n) is 6.68. The van der Waals surface area contributed by atoms with Gasteiger partial charge in [0.25, 0.3) is 5.89 Å². The van der Waals surface area contributed by atoms with Crippen molar-refractivity contribution in [2.45, 2.75) is 83.5 Å². The van der Waals surface area contributed by atoms with Gasteiger partial charge < -0.3 is 14.1 Å². The van der Waals surface area contributed by atoms with Gasteiger partial charge in [0.2, 0.25) is 0 Å². The van der Waals surface area contributed by atoms with E-state index < -0.39 is 14.3 Å². The maximum Gasteiger partial charge on any atom is 0.354 e. The quantitative estimate of drug-likeness (QED) is 0.211. The summed E-state index contributed by atoms with van der Waals surface area (Å²) in [5.41, 5.74) is 1.66. The van der Waals surface area contributed by atoms with E-state index in [4.69, 9.17) is 8.95 Å². The number of carbonyl (C=O) groups is 1. The average molecular weight is 496 g/mol. The standard InChI is InChI=1S/C27H37N3O4Si/c1-27(2,3)35(4,5)34-23(19-12-7-6-9-14-20-15-10-8-11-16-20)24-29-25(33-30-24)21-17-13-18-22(28-21)26(31)32/h8,10-11,13,15-18,23H,6-7,9,12,14,19H2,1-5H3,(H,31,32). The Labute approximate surface area is 209 Å². The maximum atomic E-state index is 11.3. The number of aromatic nitrogens is 3. The average Bonchev–Trinajstić information content (AvgIpc) is 3.31. The highest BCUT2D eigenvalue weighted by molar-refractivity contribution is 6.74. The molecule has 0 radical (unpaired) electrons. The number of rotatable bonds is 12. The normalized spacial score (nSPS) is 13.1. The summed E-state index contributed by atoms with van der Waals surface area (Å²) in [5.74, 6) is -0.399. The molecule has 0 saturated carbocycles. The molecule has 0 saturated heterocycles. The van der Waals surface area contributed by atoms with E-state index in [0.717, 1.165) is 38.5 Å². The zero-order valence-corrected chi connectivity index (χ0v) is 22.5. The van der Waals surface area contributed by atoms with Crippen molar-refractivity contribution in [3.63, 3.8) is 0 Å². The zero-order chi connectivity index (χ0) is 25.5. The van der Waals surface area contributed by atoms with E-state index in [9.17, 15) is 9.90 Å². The van der Waals surface area contributed by atoms with Crippen molar-refractivity contribution in [2.24, 2.45) is 0 Å². The molecule has 8 heteroatoms. The fraction of sp³-hybridized carbons (Fsp3) is 0.481. The van der Waals surface area contributed by atoms with E-state index >= 15 is 0 Å². The van der Waals surface area contributed by atoms with Crippen molar-refractivity contribution < 1.29 is 18.9 Å². The molecular formula is C27H37N3O4Si. The van der Waals surface area contributed by atoms with E-state index in [0.29, 0.717) is 11.5 Å². The molecule has 2 aromatic heterocycles. The molecule has 1 N–H and O–H groups in total. The summed E-state index contributed by atoms with van der Waals surface area (Å²) in [7, 11) is -2.08. The monoisotopic (exact) mass is 495 g/mol. The molecule has 0 fully saturated rings. The highest BCUT2D eigenvalue weighted by Crippen LogP contribution is 2.40. The summed E-state index contributed by atoms with van der Waals surface area (Å²) in [6.07, 6.45) is 6.06. The van der Waals surface area contributed by atoms with Gasteiger partial charge in [0, 0.05) is 0 Å². The first-order valence-corrected chi connectivity index (χ1v) is 15.2. The number of nitrogens with zero attached hydrogens (tertiary/aromatic N) is 3. The number of benzene rings is 1. The summed E-state index contributed by atoms with van der Waals surface area (Å²) in [4.78, 5) is 20.0. The summed E-state index contributed by atoms with van der Waals surface area (Å²) in [6, 6.07) is 15.3. The number of carboxylic acids is 1. The molecule has 0 aliphatic heterocycles. The fourth-order valence-corrected chi connectivity index (χ4v) is 4.86. The second-order valence-corrected chi connectivity index (χ2v) is 15.2. The van der Waals surface area contributed by atoms with Crippen LogP contribution in [0.25, 0.3) is 11.6 Å². The molecule has 1 unspecified atom stereocenters. The van der Waals surface area contributed by atoms with Crippen molar-refractivity contribution in [2.75, 3.05) is 0 Å². The topological polar surface area (TPSA) is 98.3 Å². The van der Waals surface area contributed by atoms with Gasteiger partial charge in [-0.25, -0.2) is 9.78 Å². The lowest BCUT2D eigenvalue weighted by atomic mass is 10.0. The Morgan fingerprint density at radius 3 is 2.40 bits per heavy atom. The molecule has 7 nitrogen and oxygen atoms in total. The SMILES string of the molecule is CC(C)(C)[Si](C)(C)OC(CCCCCCc1ccccc1)c1noc(-c2cccc(C(=O)O)n2)n1. The molecular weight excluding hydrogens is 458 g/mol. The minimum atomic E-state index is -2.08. The lowest BCUT2D eigenvalue weighted by Gasteiger charge is -2.38. The van der Waals surface area contributed by atoms with E-state index in [-0.39, 0.29) is 22.7 Å². The fourth-order valence-electron chi connectivity index (χ4n) is 3.57. The highest BCUT2D eigenvalue weighted by Gasteiger charge is 2.40. The summed E-state index contributed by atoms with van der Waals surface area (Å²) >= 11 is 0. The molecule has 1 aromatic carbocycles. The second kappa shape index (κ2) is 11.7. The van der Waals surface area contributed by atoms with Crippen molar-refractivity contribution in [3.05, 3.63) is 65.6 Å². The Kier molecular flexibility index (Phi) is 8.96. The minimum Gasteiger partial charge on any atom is -0.477 e. The molecule has 0 bridgehead atoms. The van der Waals surface area contributed by atoms with E-state index in [2.05, 4.69) is 73.3 Å². The number of hydrogen-bond acceptors (Lipinski definition) is 6. The van der Waals surface area contributed by atoms with Crippen molar-refractivity contribution in [1.82, 2.24) is 15.1 Å². The van der Waals surface area contributed by atoms with Crippen LogP contribution >= 0.6 is 0 Å². The molecule has 0 amide bonds. The maximum absolute atomic E-state index is 11.3. The van der Waals surface area contributed by atoms with Crippen LogP contribution in [-0.4, -0.2) is 34.5 Å². The van der Waals surface area contributed by atoms with Gasteiger partial charge in [-0.05, 0) is 55.1 Å². The largest absolute Gasteiger partial charge is 0.477 e. The smallest absolute Gasteiger partial charge is 0.354 e. The van der Waals surface area contributed by atoms with Crippen molar-refractivity contribution in [1.29, 1.82) is 0 Å². The van der Waals surface area contributed by atoms with Gasteiger partial charge in [0.1, 0.15) is 17.5 Å². The number of unbranched alkanes of at least 4 members (excludes halogenated alkanes) is 3. The molecule has 35 heavy (non-hydrogen) atoms. The Bertz CT molecular complexity index is 1090. The molecule has 0 spiro atoms. The summed E-state index contributed by atoms with van der Waals surface area (Å²) < 4.78 is 12.2. The van der Waals surface area contributed by atoms with Crippen LogP contribution in [0.3, 0.4) is 0 Å². The molecule has 2 heterocycles. The van der Waals surface area contributed by atoms with Gasteiger partial charge in [0.15, 0.2) is 14.1 Å². The van der Waals surface area contributed by atoms with Gasteiger partial charge in [-0.15, -0.1) is 0 Å². The highest BCUT2D eigenvalue weighted by atomic mass is 28.4. The minimum absolute atomic E-state index is 0.0465. The predicted octanol–water partition coefficient (Wildman–Crippen LogP) is 7.09. The number of aryl methyl sites for hydroxylation is 1. The molecule has 3 rings (SSSR count). The van der Waals surface area contributed by atoms with E-state index in [1.807, 2.05) is 6.07 Å². The van der Waals surface area contributed by atoms with Gasteiger partial charge in [-0.1, -0.05) is 81.6 Å². The lowest BCUT2D eigenvalue weighted by Crippen LogP contribution is -2.42. The van der Waals surface area contributed by atoms with Gasteiger partial charge in [-0.3, -0.25) is 0 Å². The number of pyridine rings is 1. The van der Waals surface area contributed by atoms with Crippen LogP contribution in [0.15, 0.2) is 53.1 Å². The number of carboxylic acid groups (broad SMARTS) is 1. The van der Waals surface area contributed by atoms with E-state index in [1.165, 1.54) is 11.6 Å². The van der Waals surface area contributed by atoms with Crippen LogP contribution < -0.4 is 0 Å². The number of aromatic carboxylic acids is 1.